The summed E-state index contributed by atoms with van der Waals surface area (Å²) < 4.78 is 13.4. The quantitative estimate of drug-likeness (QED) is 0.863. The number of hydrogen-bond acceptors (Lipinski definition) is 3. The van der Waals surface area contributed by atoms with Crippen LogP contribution in [-0.4, -0.2) is 26.0 Å². The lowest BCUT2D eigenvalue weighted by molar-refractivity contribution is -0.119. The van der Waals surface area contributed by atoms with Crippen molar-refractivity contribution in [2.24, 2.45) is 0 Å². The molecule has 0 aliphatic rings. The monoisotopic (exact) mass is 249 g/mol. The molecule has 96 valence electrons. The van der Waals surface area contributed by atoms with Crippen molar-refractivity contribution in [2.75, 3.05) is 25.0 Å². The van der Waals surface area contributed by atoms with Gasteiger partial charge in [0.25, 0.3) is 0 Å². The van der Waals surface area contributed by atoms with Gasteiger partial charge >= 0.3 is 0 Å². The van der Waals surface area contributed by atoms with Gasteiger partial charge in [-0.15, -0.1) is 0 Å². The predicted molar refractivity (Wildman–Crippen MR) is 67.7 cm³/mol. The zero-order valence-electron chi connectivity index (χ0n) is 10.5. The van der Waals surface area contributed by atoms with Crippen molar-refractivity contribution in [3.05, 3.63) is 29.6 Å². The van der Waals surface area contributed by atoms with Gasteiger partial charge in [0.05, 0.1) is 12.2 Å². The second-order valence-electron chi connectivity index (χ2n) is 3.95. The number of amides is 1. The van der Waals surface area contributed by atoms with Gasteiger partial charge in [0, 0.05) is 13.6 Å². The lowest BCUT2D eigenvalue weighted by Gasteiger charge is -2.20. The third kappa shape index (κ3) is 3.45. The van der Waals surface area contributed by atoms with Crippen LogP contribution in [0.5, 0.6) is 0 Å². The van der Waals surface area contributed by atoms with E-state index in [9.17, 15) is 9.18 Å². The van der Waals surface area contributed by atoms with Crippen molar-refractivity contribution in [2.45, 2.75) is 13.3 Å². The Balaban J connectivity index is 2.79. The SMILES string of the molecule is CCCNC(=O)CN(C)c1cccc(F)c1C#N. The molecule has 4 nitrogen and oxygen atoms in total. The highest BCUT2D eigenvalue weighted by Crippen LogP contribution is 2.20. The highest BCUT2D eigenvalue weighted by molar-refractivity contribution is 5.81. The maximum atomic E-state index is 13.4. The van der Waals surface area contributed by atoms with Crippen LogP contribution in [0, 0.1) is 17.1 Å². The van der Waals surface area contributed by atoms with Crippen LogP contribution < -0.4 is 10.2 Å². The van der Waals surface area contributed by atoms with Crippen molar-refractivity contribution in [3.63, 3.8) is 0 Å². The second-order valence-corrected chi connectivity index (χ2v) is 3.95. The van der Waals surface area contributed by atoms with Crippen LogP contribution in [0.4, 0.5) is 10.1 Å². The van der Waals surface area contributed by atoms with Crippen LogP contribution in [0.15, 0.2) is 18.2 Å². The molecule has 1 rings (SSSR count). The zero-order valence-corrected chi connectivity index (χ0v) is 10.5. The van der Waals surface area contributed by atoms with Gasteiger partial charge in [-0.3, -0.25) is 4.79 Å². The van der Waals surface area contributed by atoms with Crippen LogP contribution in [0.25, 0.3) is 0 Å². The number of benzene rings is 1. The molecule has 0 fully saturated rings. The number of nitrogens with zero attached hydrogens (tertiary/aromatic N) is 2. The molecule has 18 heavy (non-hydrogen) atoms. The third-order valence-electron chi connectivity index (χ3n) is 2.47. The lowest BCUT2D eigenvalue weighted by atomic mass is 10.1. The van der Waals surface area contributed by atoms with Crippen LogP contribution in [-0.2, 0) is 4.79 Å². The summed E-state index contributed by atoms with van der Waals surface area (Å²) in [7, 11) is 1.65. The molecule has 1 aromatic carbocycles. The Kier molecular flexibility index (Phi) is 5.12. The fourth-order valence-electron chi connectivity index (χ4n) is 1.56. The first-order chi connectivity index (χ1) is 8.60. The molecule has 0 saturated heterocycles. The lowest BCUT2D eigenvalue weighted by Crippen LogP contribution is -2.35. The first-order valence-electron chi connectivity index (χ1n) is 5.76. The first kappa shape index (κ1) is 14.0. The van der Waals surface area contributed by atoms with Gasteiger partial charge in [0.2, 0.25) is 5.91 Å². The Morgan fingerprint density at radius 3 is 2.89 bits per heavy atom. The molecule has 0 aliphatic heterocycles. The van der Waals surface area contributed by atoms with E-state index in [1.807, 2.05) is 13.0 Å². The molecule has 0 aliphatic carbocycles. The van der Waals surface area contributed by atoms with Crippen molar-refractivity contribution in [1.29, 1.82) is 5.26 Å². The van der Waals surface area contributed by atoms with E-state index in [1.54, 1.807) is 18.0 Å². The molecule has 0 aromatic heterocycles. The molecule has 1 aromatic rings. The molecular weight excluding hydrogens is 233 g/mol. The number of carbonyl (C=O) groups excluding carboxylic acids is 1. The van der Waals surface area contributed by atoms with Crippen molar-refractivity contribution >= 4 is 11.6 Å². The zero-order chi connectivity index (χ0) is 13.5. The second kappa shape index (κ2) is 6.60. The van der Waals surface area contributed by atoms with Gasteiger partial charge in [-0.25, -0.2) is 4.39 Å². The minimum Gasteiger partial charge on any atom is -0.364 e. The number of nitriles is 1. The summed E-state index contributed by atoms with van der Waals surface area (Å²) in [5.41, 5.74) is 0.382. The van der Waals surface area contributed by atoms with Gasteiger partial charge in [0.15, 0.2) is 0 Å². The number of carbonyl (C=O) groups is 1. The first-order valence-corrected chi connectivity index (χ1v) is 5.76. The average Bonchev–Trinajstić information content (AvgIpc) is 2.35. The van der Waals surface area contributed by atoms with E-state index in [-0.39, 0.29) is 18.0 Å². The molecule has 1 amide bonds. The van der Waals surface area contributed by atoms with Gasteiger partial charge in [-0.1, -0.05) is 13.0 Å². The van der Waals surface area contributed by atoms with E-state index >= 15 is 0 Å². The van der Waals surface area contributed by atoms with Crippen molar-refractivity contribution in [3.8, 4) is 6.07 Å². The number of nitrogens with one attached hydrogen (secondary N) is 1. The smallest absolute Gasteiger partial charge is 0.239 e. The molecule has 0 atom stereocenters. The summed E-state index contributed by atoms with van der Waals surface area (Å²) in [5.74, 6) is -0.719. The number of likely N-dealkylation sites (N-methyl/N-ethyl adjacent to an activating group) is 1. The molecule has 5 heteroatoms. The molecule has 0 saturated carbocycles. The number of rotatable bonds is 5. The summed E-state index contributed by atoms with van der Waals surface area (Å²) in [5, 5.41) is 11.6. The number of halogens is 1. The van der Waals surface area contributed by atoms with E-state index in [0.29, 0.717) is 12.2 Å². The number of anilines is 1. The van der Waals surface area contributed by atoms with Gasteiger partial charge in [-0.05, 0) is 18.6 Å². The highest BCUT2D eigenvalue weighted by atomic mass is 19.1. The van der Waals surface area contributed by atoms with E-state index in [0.717, 1.165) is 6.42 Å². The Morgan fingerprint density at radius 2 is 2.28 bits per heavy atom. The molecule has 0 spiro atoms. The minimum atomic E-state index is -0.573. The Labute approximate surface area is 106 Å². The van der Waals surface area contributed by atoms with Crippen LogP contribution >= 0.6 is 0 Å². The normalized spacial score (nSPS) is 9.67. The highest BCUT2D eigenvalue weighted by Gasteiger charge is 2.13. The molecule has 0 heterocycles. The van der Waals surface area contributed by atoms with E-state index < -0.39 is 5.82 Å². The fraction of sp³-hybridized carbons (Fsp3) is 0.385. The summed E-state index contributed by atoms with van der Waals surface area (Å²) >= 11 is 0. The Hall–Kier alpha value is -2.09. The van der Waals surface area contributed by atoms with E-state index in [2.05, 4.69) is 5.32 Å². The summed E-state index contributed by atoms with van der Waals surface area (Å²) in [6.07, 6.45) is 0.860. The largest absolute Gasteiger partial charge is 0.364 e. The Bertz CT molecular complexity index is 468. The van der Waals surface area contributed by atoms with Crippen molar-refractivity contribution < 1.29 is 9.18 Å². The third-order valence-corrected chi connectivity index (χ3v) is 2.47. The molecular formula is C13H16FN3O. The fourth-order valence-corrected chi connectivity index (χ4v) is 1.56. The minimum absolute atomic E-state index is 0.0386. The topological polar surface area (TPSA) is 56.1 Å². The van der Waals surface area contributed by atoms with Crippen molar-refractivity contribution in [1.82, 2.24) is 5.32 Å². The molecule has 0 bridgehead atoms. The standard InChI is InChI=1S/C13H16FN3O/c1-3-7-16-13(18)9-17(2)12-6-4-5-11(14)10(12)8-15/h4-6H,3,7,9H2,1-2H3,(H,16,18). The summed E-state index contributed by atoms with van der Waals surface area (Å²) in [6, 6.07) is 6.18. The van der Waals surface area contributed by atoms with Crippen LogP contribution in [0.2, 0.25) is 0 Å². The van der Waals surface area contributed by atoms with Crippen LogP contribution in [0.3, 0.4) is 0 Å². The molecule has 1 N–H and O–H groups in total. The summed E-state index contributed by atoms with van der Waals surface area (Å²) in [4.78, 5) is 13.1. The van der Waals surface area contributed by atoms with Gasteiger partial charge < -0.3 is 10.2 Å². The maximum Gasteiger partial charge on any atom is 0.239 e. The maximum absolute atomic E-state index is 13.4. The number of hydrogen-bond donors (Lipinski definition) is 1. The average molecular weight is 249 g/mol. The van der Waals surface area contributed by atoms with Gasteiger partial charge in [0.1, 0.15) is 17.4 Å². The van der Waals surface area contributed by atoms with E-state index in [4.69, 9.17) is 5.26 Å². The summed E-state index contributed by atoms with van der Waals surface area (Å²) in [6.45, 7) is 2.67. The molecule has 0 radical (unpaired) electrons. The van der Waals surface area contributed by atoms with E-state index in [1.165, 1.54) is 12.1 Å². The van der Waals surface area contributed by atoms with Crippen LogP contribution in [0.1, 0.15) is 18.9 Å². The van der Waals surface area contributed by atoms with Gasteiger partial charge in [-0.2, -0.15) is 5.26 Å². The Morgan fingerprint density at radius 1 is 1.56 bits per heavy atom. The predicted octanol–water partition coefficient (Wildman–Crippen LogP) is 1.66. The molecule has 0 unspecified atom stereocenters.